The van der Waals surface area contributed by atoms with Crippen LogP contribution in [0, 0.1) is 11.3 Å². The summed E-state index contributed by atoms with van der Waals surface area (Å²) in [6.07, 6.45) is -0.672. The number of thiazole rings is 1. The van der Waals surface area contributed by atoms with Crippen LogP contribution in [-0.2, 0) is 16.1 Å². The van der Waals surface area contributed by atoms with Gasteiger partial charge < -0.3 is 9.47 Å². The lowest BCUT2D eigenvalue weighted by Gasteiger charge is -2.25. The number of amides is 1. The number of carbonyl (C=O) groups is 1. The third kappa shape index (κ3) is 5.02. The van der Waals surface area contributed by atoms with E-state index in [9.17, 15) is 4.79 Å². The molecule has 136 valence electrons. The second-order valence-electron chi connectivity index (χ2n) is 5.92. The number of hydrogen-bond donors (Lipinski definition) is 1. The number of carbonyl (C=O) groups excluding carboxylic acids is 1. The molecule has 0 unspecified atom stereocenters. The van der Waals surface area contributed by atoms with E-state index in [4.69, 9.17) is 14.7 Å². The van der Waals surface area contributed by atoms with E-state index in [0.717, 1.165) is 38.5 Å². The molecule has 0 saturated carbocycles. The van der Waals surface area contributed by atoms with E-state index in [1.54, 1.807) is 31.2 Å². The van der Waals surface area contributed by atoms with Gasteiger partial charge in [-0.25, -0.2) is 4.98 Å². The topological polar surface area (TPSA) is 87.5 Å². The highest BCUT2D eigenvalue weighted by molar-refractivity contribution is 7.13. The molecule has 0 spiro atoms. The van der Waals surface area contributed by atoms with Crippen LogP contribution in [-0.4, -0.2) is 48.2 Å². The van der Waals surface area contributed by atoms with Crippen LogP contribution < -0.4 is 10.1 Å². The van der Waals surface area contributed by atoms with Crippen LogP contribution in [0.25, 0.3) is 0 Å². The third-order valence-electron chi connectivity index (χ3n) is 3.94. The molecule has 1 aliphatic heterocycles. The Balaban J connectivity index is 1.51. The van der Waals surface area contributed by atoms with Crippen LogP contribution in [0.15, 0.2) is 29.6 Å². The fourth-order valence-electron chi connectivity index (χ4n) is 2.50. The van der Waals surface area contributed by atoms with Crippen molar-refractivity contribution in [3.05, 3.63) is 40.9 Å². The number of anilines is 1. The molecule has 1 aromatic heterocycles. The fourth-order valence-corrected chi connectivity index (χ4v) is 3.20. The minimum absolute atomic E-state index is 0.262. The molecule has 0 radical (unpaired) electrons. The Morgan fingerprint density at radius 3 is 2.85 bits per heavy atom. The Labute approximate surface area is 156 Å². The number of rotatable bonds is 6. The van der Waals surface area contributed by atoms with Crippen LogP contribution in [0.1, 0.15) is 18.2 Å². The van der Waals surface area contributed by atoms with Crippen LogP contribution in [0.5, 0.6) is 5.75 Å². The first kappa shape index (κ1) is 18.3. The number of hydrogen-bond acceptors (Lipinski definition) is 7. The Kier molecular flexibility index (Phi) is 6.17. The van der Waals surface area contributed by atoms with Crippen LogP contribution >= 0.6 is 11.3 Å². The molecular formula is C18H20N4O3S. The SMILES string of the molecule is C[C@H](Oc1ccc(C#N)cc1)C(=O)Nc1nc(CN2CCOCC2)cs1. The van der Waals surface area contributed by atoms with Crippen molar-refractivity contribution in [1.29, 1.82) is 5.26 Å². The summed E-state index contributed by atoms with van der Waals surface area (Å²) in [6.45, 7) is 5.72. The van der Waals surface area contributed by atoms with Gasteiger partial charge in [0, 0.05) is 25.0 Å². The van der Waals surface area contributed by atoms with Crippen molar-refractivity contribution in [2.45, 2.75) is 19.6 Å². The van der Waals surface area contributed by atoms with Gasteiger partial charge in [0.25, 0.3) is 5.91 Å². The standard InChI is InChI=1S/C18H20N4O3S/c1-13(25-16-4-2-14(10-19)3-5-16)17(23)21-18-20-15(12-26-18)11-22-6-8-24-9-7-22/h2-5,12-13H,6-9,11H2,1H3,(H,20,21,23)/t13-/m0/s1. The first-order chi connectivity index (χ1) is 12.6. The summed E-state index contributed by atoms with van der Waals surface area (Å²) in [5.74, 6) is 0.278. The summed E-state index contributed by atoms with van der Waals surface area (Å²) >= 11 is 1.40. The van der Waals surface area contributed by atoms with Gasteiger partial charge in [-0.2, -0.15) is 5.26 Å². The van der Waals surface area contributed by atoms with Gasteiger partial charge in [0.05, 0.1) is 30.5 Å². The molecule has 2 heterocycles. The predicted molar refractivity (Wildman–Crippen MR) is 98.1 cm³/mol. The number of benzene rings is 1. The highest BCUT2D eigenvalue weighted by Gasteiger charge is 2.17. The van der Waals surface area contributed by atoms with E-state index in [0.29, 0.717) is 16.4 Å². The smallest absolute Gasteiger partial charge is 0.266 e. The monoisotopic (exact) mass is 372 g/mol. The van der Waals surface area contributed by atoms with Crippen molar-refractivity contribution in [3.63, 3.8) is 0 Å². The predicted octanol–water partition coefficient (Wildman–Crippen LogP) is 2.25. The molecular weight excluding hydrogens is 352 g/mol. The van der Waals surface area contributed by atoms with E-state index >= 15 is 0 Å². The number of nitrogens with one attached hydrogen (secondary N) is 1. The fraction of sp³-hybridized carbons (Fsp3) is 0.389. The summed E-state index contributed by atoms with van der Waals surface area (Å²) in [6, 6.07) is 8.69. The minimum atomic E-state index is -0.672. The zero-order valence-electron chi connectivity index (χ0n) is 14.5. The highest BCUT2D eigenvalue weighted by Crippen LogP contribution is 2.19. The maximum Gasteiger partial charge on any atom is 0.266 e. The molecule has 2 aromatic rings. The molecule has 1 fully saturated rings. The summed E-state index contributed by atoms with van der Waals surface area (Å²) in [4.78, 5) is 19.0. The van der Waals surface area contributed by atoms with Crippen molar-refractivity contribution in [2.75, 3.05) is 31.6 Å². The number of ether oxygens (including phenoxy) is 2. The first-order valence-corrected chi connectivity index (χ1v) is 9.24. The number of morpholine rings is 1. The van der Waals surface area contributed by atoms with Crippen LogP contribution in [0.4, 0.5) is 5.13 Å². The maximum absolute atomic E-state index is 12.3. The molecule has 1 N–H and O–H groups in total. The number of nitrogens with zero attached hydrogens (tertiary/aromatic N) is 3. The van der Waals surface area contributed by atoms with Crippen molar-refractivity contribution < 1.29 is 14.3 Å². The van der Waals surface area contributed by atoms with E-state index in [-0.39, 0.29) is 5.91 Å². The second kappa shape index (κ2) is 8.76. The number of nitriles is 1. The zero-order chi connectivity index (χ0) is 18.4. The highest BCUT2D eigenvalue weighted by atomic mass is 32.1. The molecule has 1 amide bonds. The van der Waals surface area contributed by atoms with Gasteiger partial charge in [0.1, 0.15) is 5.75 Å². The van der Waals surface area contributed by atoms with Crippen molar-refractivity contribution in [1.82, 2.24) is 9.88 Å². The molecule has 7 nitrogen and oxygen atoms in total. The molecule has 1 aromatic carbocycles. The van der Waals surface area contributed by atoms with Gasteiger partial charge in [-0.15, -0.1) is 11.3 Å². The van der Waals surface area contributed by atoms with Gasteiger partial charge >= 0.3 is 0 Å². The van der Waals surface area contributed by atoms with Gasteiger partial charge in [-0.05, 0) is 31.2 Å². The summed E-state index contributed by atoms with van der Waals surface area (Å²) in [7, 11) is 0. The van der Waals surface area contributed by atoms with E-state index < -0.39 is 6.10 Å². The molecule has 26 heavy (non-hydrogen) atoms. The summed E-state index contributed by atoms with van der Waals surface area (Å²) in [5.41, 5.74) is 1.48. The van der Waals surface area contributed by atoms with Gasteiger partial charge in [-0.1, -0.05) is 0 Å². The lowest BCUT2D eigenvalue weighted by Crippen LogP contribution is -2.35. The first-order valence-electron chi connectivity index (χ1n) is 8.36. The summed E-state index contributed by atoms with van der Waals surface area (Å²) < 4.78 is 10.9. The van der Waals surface area contributed by atoms with Crippen LogP contribution in [0.3, 0.4) is 0 Å². The molecule has 0 aliphatic carbocycles. The minimum Gasteiger partial charge on any atom is -0.481 e. The van der Waals surface area contributed by atoms with Gasteiger partial charge in [0.15, 0.2) is 11.2 Å². The van der Waals surface area contributed by atoms with Crippen molar-refractivity contribution in [3.8, 4) is 11.8 Å². The molecule has 1 atom stereocenters. The second-order valence-corrected chi connectivity index (χ2v) is 6.78. The lowest BCUT2D eigenvalue weighted by atomic mass is 10.2. The van der Waals surface area contributed by atoms with Crippen molar-refractivity contribution in [2.24, 2.45) is 0 Å². The van der Waals surface area contributed by atoms with Crippen LogP contribution in [0.2, 0.25) is 0 Å². The van der Waals surface area contributed by atoms with Gasteiger partial charge in [-0.3, -0.25) is 15.0 Å². The normalized spacial score (nSPS) is 15.8. The third-order valence-corrected chi connectivity index (χ3v) is 4.74. The van der Waals surface area contributed by atoms with E-state index in [1.165, 1.54) is 11.3 Å². The Morgan fingerprint density at radius 2 is 2.15 bits per heavy atom. The maximum atomic E-state index is 12.3. The largest absolute Gasteiger partial charge is 0.481 e. The number of aromatic nitrogens is 1. The molecule has 8 heteroatoms. The average Bonchev–Trinajstić information content (AvgIpc) is 3.10. The quantitative estimate of drug-likeness (QED) is 0.837. The Bertz CT molecular complexity index is 778. The van der Waals surface area contributed by atoms with Crippen molar-refractivity contribution >= 4 is 22.4 Å². The average molecular weight is 372 g/mol. The zero-order valence-corrected chi connectivity index (χ0v) is 15.3. The molecule has 0 bridgehead atoms. The van der Waals surface area contributed by atoms with E-state index in [2.05, 4.69) is 15.2 Å². The summed E-state index contributed by atoms with van der Waals surface area (Å²) in [5, 5.41) is 14.1. The lowest BCUT2D eigenvalue weighted by molar-refractivity contribution is -0.122. The molecule has 3 rings (SSSR count). The van der Waals surface area contributed by atoms with Gasteiger partial charge in [0.2, 0.25) is 0 Å². The Morgan fingerprint density at radius 1 is 1.42 bits per heavy atom. The molecule has 1 saturated heterocycles. The molecule has 1 aliphatic rings. The Hall–Kier alpha value is -2.47. The van der Waals surface area contributed by atoms with E-state index in [1.807, 2.05) is 11.4 Å².